The van der Waals surface area contributed by atoms with Gasteiger partial charge in [0.25, 0.3) is 0 Å². The van der Waals surface area contributed by atoms with Crippen molar-refractivity contribution in [3.63, 3.8) is 0 Å². The molecule has 6 heteroatoms. The molecular weight excluding hydrogens is 781 g/mol. The maximum Gasteiger partial charge on any atom is 0.306 e. The molecule has 0 aromatic carbocycles. The molecule has 0 fully saturated rings. The van der Waals surface area contributed by atoms with Crippen molar-refractivity contribution in [2.75, 3.05) is 13.2 Å². The molecule has 63 heavy (non-hydrogen) atoms. The van der Waals surface area contributed by atoms with E-state index in [-0.39, 0.29) is 31.1 Å². The molecule has 0 saturated carbocycles. The van der Waals surface area contributed by atoms with Gasteiger partial charge in [-0.25, -0.2) is 0 Å². The van der Waals surface area contributed by atoms with Crippen LogP contribution in [0.25, 0.3) is 0 Å². The Kier molecular flexibility index (Phi) is 49.4. The highest BCUT2D eigenvalue weighted by Gasteiger charge is 2.19. The third-order valence-electron chi connectivity index (χ3n) is 11.5. The Balaban J connectivity index is 4.17. The quantitative estimate of drug-likeness (QED) is 0.0262. The highest BCUT2D eigenvalue weighted by Crippen LogP contribution is 2.15. The minimum atomic E-state index is -0.775. The van der Waals surface area contributed by atoms with Crippen LogP contribution in [0, 0.1) is 0 Å². The van der Waals surface area contributed by atoms with Crippen molar-refractivity contribution < 1.29 is 28.6 Å². The number of ether oxygens (including phenoxy) is 3. The number of unbranched alkanes of at least 4 members (excludes halogenated alkanes) is 27. The second-order valence-corrected chi connectivity index (χ2v) is 17.8. The Morgan fingerprint density at radius 1 is 0.333 bits per heavy atom. The number of carbonyl (C=O) groups is 3. The Bertz CT molecular complexity index is 1150. The average Bonchev–Trinajstić information content (AvgIpc) is 3.28. The second-order valence-electron chi connectivity index (χ2n) is 17.8. The molecule has 0 aliphatic carbocycles. The lowest BCUT2D eigenvalue weighted by Crippen LogP contribution is -2.30. The van der Waals surface area contributed by atoms with E-state index in [1.54, 1.807) is 0 Å². The van der Waals surface area contributed by atoms with Gasteiger partial charge in [-0.15, -0.1) is 0 Å². The number of allylic oxidation sites excluding steroid dienone is 10. The molecular formula is C57H100O6. The smallest absolute Gasteiger partial charge is 0.306 e. The lowest BCUT2D eigenvalue weighted by Gasteiger charge is -2.18. The second kappa shape index (κ2) is 51.7. The Labute approximate surface area is 390 Å². The zero-order valence-electron chi connectivity index (χ0n) is 41.6. The molecule has 0 aromatic heterocycles. The van der Waals surface area contributed by atoms with Gasteiger partial charge in [-0.05, 0) is 83.5 Å². The van der Waals surface area contributed by atoms with Gasteiger partial charge in [0.05, 0.1) is 0 Å². The van der Waals surface area contributed by atoms with Gasteiger partial charge < -0.3 is 14.2 Å². The summed E-state index contributed by atoms with van der Waals surface area (Å²) < 4.78 is 16.7. The van der Waals surface area contributed by atoms with E-state index in [0.29, 0.717) is 19.3 Å². The molecule has 364 valence electrons. The lowest BCUT2D eigenvalue weighted by atomic mass is 10.1. The minimum absolute atomic E-state index is 0.0779. The van der Waals surface area contributed by atoms with E-state index in [1.165, 1.54) is 135 Å². The van der Waals surface area contributed by atoms with Crippen LogP contribution in [-0.2, 0) is 28.6 Å². The van der Waals surface area contributed by atoms with Crippen LogP contribution in [0.3, 0.4) is 0 Å². The summed E-state index contributed by atoms with van der Waals surface area (Å²) in [6.45, 7) is 6.47. The number of hydrogen-bond donors (Lipinski definition) is 0. The molecule has 1 atom stereocenters. The molecule has 1 unspecified atom stereocenters. The molecule has 0 N–H and O–H groups in total. The van der Waals surface area contributed by atoms with Crippen LogP contribution >= 0.6 is 0 Å². The molecule has 0 amide bonds. The molecule has 0 rings (SSSR count). The predicted octanol–water partition coefficient (Wildman–Crippen LogP) is 17.6. The monoisotopic (exact) mass is 881 g/mol. The van der Waals surface area contributed by atoms with E-state index in [9.17, 15) is 14.4 Å². The number of carbonyl (C=O) groups excluding carboxylic acids is 3. The molecule has 0 bridgehead atoms. The summed E-state index contributed by atoms with van der Waals surface area (Å²) in [7, 11) is 0. The average molecular weight is 881 g/mol. The first-order valence-corrected chi connectivity index (χ1v) is 26.8. The Morgan fingerprint density at radius 2 is 0.619 bits per heavy atom. The first-order chi connectivity index (χ1) is 31.0. The van der Waals surface area contributed by atoms with Crippen LogP contribution in [0.15, 0.2) is 60.8 Å². The maximum absolute atomic E-state index is 12.8. The fourth-order valence-corrected chi connectivity index (χ4v) is 7.49. The van der Waals surface area contributed by atoms with Crippen LogP contribution < -0.4 is 0 Å². The van der Waals surface area contributed by atoms with E-state index in [4.69, 9.17) is 14.2 Å². The van der Waals surface area contributed by atoms with E-state index >= 15 is 0 Å². The van der Waals surface area contributed by atoms with Crippen LogP contribution in [0.1, 0.15) is 265 Å². The van der Waals surface area contributed by atoms with Gasteiger partial charge in [-0.2, -0.15) is 0 Å². The van der Waals surface area contributed by atoms with E-state index < -0.39 is 6.10 Å². The van der Waals surface area contributed by atoms with E-state index in [0.717, 1.165) is 89.9 Å². The summed E-state index contributed by atoms with van der Waals surface area (Å²) in [6, 6.07) is 0. The van der Waals surface area contributed by atoms with Crippen LogP contribution in [0.2, 0.25) is 0 Å². The van der Waals surface area contributed by atoms with E-state index in [2.05, 4.69) is 81.5 Å². The first kappa shape index (κ1) is 60.1. The van der Waals surface area contributed by atoms with E-state index in [1.807, 2.05) is 0 Å². The number of rotatable bonds is 48. The highest BCUT2D eigenvalue weighted by atomic mass is 16.6. The highest BCUT2D eigenvalue weighted by molar-refractivity contribution is 5.71. The van der Waals surface area contributed by atoms with Crippen molar-refractivity contribution in [3.05, 3.63) is 60.8 Å². The number of hydrogen-bond acceptors (Lipinski definition) is 6. The van der Waals surface area contributed by atoms with Crippen LogP contribution in [0.4, 0.5) is 0 Å². The van der Waals surface area contributed by atoms with Crippen molar-refractivity contribution in [3.8, 4) is 0 Å². The first-order valence-electron chi connectivity index (χ1n) is 26.8. The Hall–Kier alpha value is -2.89. The zero-order valence-corrected chi connectivity index (χ0v) is 41.6. The summed E-state index contributed by atoms with van der Waals surface area (Å²) in [6.07, 6.45) is 63.8. The minimum Gasteiger partial charge on any atom is -0.462 e. The van der Waals surface area contributed by atoms with Gasteiger partial charge in [-0.3, -0.25) is 14.4 Å². The van der Waals surface area contributed by atoms with Crippen molar-refractivity contribution in [2.45, 2.75) is 271 Å². The fourth-order valence-electron chi connectivity index (χ4n) is 7.49. The zero-order chi connectivity index (χ0) is 45.8. The fraction of sp³-hybridized carbons (Fsp3) is 0.772. The topological polar surface area (TPSA) is 78.9 Å². The van der Waals surface area contributed by atoms with Gasteiger partial charge in [-0.1, -0.05) is 223 Å². The third-order valence-corrected chi connectivity index (χ3v) is 11.5. The van der Waals surface area contributed by atoms with Gasteiger partial charge in [0.2, 0.25) is 0 Å². The van der Waals surface area contributed by atoms with Gasteiger partial charge >= 0.3 is 17.9 Å². The maximum atomic E-state index is 12.8. The third kappa shape index (κ3) is 50.0. The summed E-state index contributed by atoms with van der Waals surface area (Å²) >= 11 is 0. The summed E-state index contributed by atoms with van der Waals surface area (Å²) in [4.78, 5) is 37.8. The van der Waals surface area contributed by atoms with Crippen LogP contribution in [0.5, 0.6) is 0 Å². The summed E-state index contributed by atoms with van der Waals surface area (Å²) in [5.41, 5.74) is 0. The number of esters is 3. The SMILES string of the molecule is CC/C=C\C/C=C\C/C=C\C/C=C\CCCCCCCCCCCCC(=O)OCC(COC(=O)CCCCCCCC)OC(=O)CCCCCCC/C=C\CCCCCCCCC. The molecule has 0 radical (unpaired) electrons. The Morgan fingerprint density at radius 3 is 0.984 bits per heavy atom. The molecule has 0 aromatic rings. The van der Waals surface area contributed by atoms with Crippen molar-refractivity contribution in [2.24, 2.45) is 0 Å². The van der Waals surface area contributed by atoms with Crippen molar-refractivity contribution in [1.82, 2.24) is 0 Å². The molecule has 6 nitrogen and oxygen atoms in total. The van der Waals surface area contributed by atoms with Gasteiger partial charge in [0.15, 0.2) is 6.10 Å². The summed E-state index contributed by atoms with van der Waals surface area (Å²) in [5.74, 6) is -0.895. The molecule has 0 spiro atoms. The molecule has 0 saturated heterocycles. The van der Waals surface area contributed by atoms with Gasteiger partial charge in [0.1, 0.15) is 13.2 Å². The predicted molar refractivity (Wildman–Crippen MR) is 270 cm³/mol. The normalized spacial score (nSPS) is 12.5. The van der Waals surface area contributed by atoms with Crippen LogP contribution in [-0.4, -0.2) is 37.2 Å². The summed E-state index contributed by atoms with van der Waals surface area (Å²) in [5, 5.41) is 0. The van der Waals surface area contributed by atoms with Crippen molar-refractivity contribution >= 4 is 17.9 Å². The van der Waals surface area contributed by atoms with Crippen molar-refractivity contribution in [1.29, 1.82) is 0 Å². The van der Waals surface area contributed by atoms with Gasteiger partial charge in [0, 0.05) is 19.3 Å². The standard InChI is InChI=1S/C57H100O6/c1-4-7-10-13-16-18-20-22-24-26-27-28-29-30-31-32-34-35-37-39-41-44-47-50-56(59)62-53-54(52-61-55(58)49-46-43-15-12-9-6-3)63-57(60)51-48-45-42-40-38-36-33-25-23-21-19-17-14-11-8-5-2/h7,10,16,18,22,24-25,27-28,33,54H,4-6,8-9,11-15,17,19-21,23,26,29-32,34-53H2,1-3H3/b10-7-,18-16-,24-22-,28-27-,33-25-. The molecule has 0 aliphatic heterocycles. The molecule has 0 heterocycles. The largest absolute Gasteiger partial charge is 0.462 e. The lowest BCUT2D eigenvalue weighted by molar-refractivity contribution is -0.167. The molecule has 0 aliphatic rings.